The third-order valence-electron chi connectivity index (χ3n) is 4.78. The lowest BCUT2D eigenvalue weighted by molar-refractivity contribution is -0.161. The summed E-state index contributed by atoms with van der Waals surface area (Å²) in [5.41, 5.74) is -0.370. The fourth-order valence-electron chi connectivity index (χ4n) is 2.55. The molecule has 0 rings (SSSR count). The van der Waals surface area contributed by atoms with E-state index in [1.54, 1.807) is 34.6 Å². The zero-order chi connectivity index (χ0) is 23.9. The van der Waals surface area contributed by atoms with Crippen LogP contribution in [0.15, 0.2) is 11.6 Å². The minimum absolute atomic E-state index is 0.181. The number of allylic oxidation sites excluding steroid dienone is 1. The number of likely N-dealkylation sites (N-methyl/N-ethyl adjacent to an activating group) is 1. The Kier molecular flexibility index (Phi) is 10.6. The van der Waals surface area contributed by atoms with E-state index < -0.39 is 23.7 Å². The van der Waals surface area contributed by atoms with Crippen LogP contribution in [0.2, 0.25) is 0 Å². The molecular weight excluding hydrogens is 386 g/mol. The van der Waals surface area contributed by atoms with E-state index in [1.165, 1.54) is 19.1 Å². The van der Waals surface area contributed by atoms with E-state index in [9.17, 15) is 14.4 Å². The number of methoxy groups -OCH3 is 1. The van der Waals surface area contributed by atoms with Crippen molar-refractivity contribution >= 4 is 18.0 Å². The molecule has 0 N–H and O–H groups in total. The minimum Gasteiger partial charge on any atom is -0.466 e. The SMILES string of the molecule is COC(=O)/C(C)=C/C[C@H](C)C[C@H](OC(=O)[C@H](C)N(C)C(=O)OC(C)(C)C)C(C)(C)C. The number of esters is 2. The second-order valence-electron chi connectivity index (χ2n) is 10.0. The molecule has 0 aromatic carbocycles. The molecule has 0 unspecified atom stereocenters. The van der Waals surface area contributed by atoms with Crippen LogP contribution >= 0.6 is 0 Å². The largest absolute Gasteiger partial charge is 0.466 e. The molecule has 7 nitrogen and oxygen atoms in total. The highest BCUT2D eigenvalue weighted by atomic mass is 16.6. The molecule has 0 heterocycles. The second-order valence-corrected chi connectivity index (χ2v) is 10.0. The van der Waals surface area contributed by atoms with Crippen molar-refractivity contribution in [3.05, 3.63) is 11.6 Å². The summed E-state index contributed by atoms with van der Waals surface area (Å²) in [6, 6.07) is -0.776. The first-order chi connectivity index (χ1) is 13.5. The number of ether oxygens (including phenoxy) is 3. The fraction of sp³-hybridized carbons (Fsp3) is 0.783. The Morgan fingerprint density at radius 3 is 2.00 bits per heavy atom. The van der Waals surface area contributed by atoms with E-state index >= 15 is 0 Å². The second kappa shape index (κ2) is 11.4. The molecule has 0 bridgehead atoms. The molecule has 0 spiro atoms. The molecule has 0 saturated heterocycles. The Morgan fingerprint density at radius 1 is 1.03 bits per heavy atom. The van der Waals surface area contributed by atoms with Crippen LogP contribution in [0.4, 0.5) is 4.79 Å². The summed E-state index contributed by atoms with van der Waals surface area (Å²) in [5, 5.41) is 0. The Bertz CT molecular complexity index is 627. The fourth-order valence-corrected chi connectivity index (χ4v) is 2.55. The number of carbonyl (C=O) groups excluding carboxylic acids is 3. The molecular formula is C23H41NO6. The molecule has 0 aliphatic carbocycles. The molecule has 0 aliphatic heterocycles. The van der Waals surface area contributed by atoms with E-state index in [0.29, 0.717) is 18.4 Å². The lowest BCUT2D eigenvalue weighted by Crippen LogP contribution is -2.46. The number of rotatable bonds is 8. The average Bonchev–Trinajstić information content (AvgIpc) is 2.61. The van der Waals surface area contributed by atoms with Crippen molar-refractivity contribution < 1.29 is 28.6 Å². The molecule has 3 atom stereocenters. The summed E-state index contributed by atoms with van der Waals surface area (Å²) >= 11 is 0. The van der Waals surface area contributed by atoms with Crippen LogP contribution in [0, 0.1) is 11.3 Å². The van der Waals surface area contributed by atoms with Gasteiger partial charge < -0.3 is 14.2 Å². The van der Waals surface area contributed by atoms with Gasteiger partial charge in [0.05, 0.1) is 7.11 Å². The first-order valence-electron chi connectivity index (χ1n) is 10.4. The molecule has 7 heteroatoms. The summed E-state index contributed by atoms with van der Waals surface area (Å²) in [6.07, 6.45) is 2.22. The lowest BCUT2D eigenvalue weighted by Gasteiger charge is -2.34. The first-order valence-corrected chi connectivity index (χ1v) is 10.4. The van der Waals surface area contributed by atoms with Gasteiger partial charge in [0.25, 0.3) is 0 Å². The quantitative estimate of drug-likeness (QED) is 0.316. The van der Waals surface area contributed by atoms with E-state index in [1.807, 2.05) is 33.8 Å². The van der Waals surface area contributed by atoms with E-state index in [0.717, 1.165) is 0 Å². The normalized spacial score (nSPS) is 15.6. The van der Waals surface area contributed by atoms with E-state index in [-0.39, 0.29) is 23.4 Å². The molecule has 30 heavy (non-hydrogen) atoms. The summed E-state index contributed by atoms with van der Waals surface area (Å²) in [5.74, 6) is -0.641. The standard InChI is InChI=1S/C23H41NO6/c1-15(12-13-16(2)19(25)28-11)14-18(22(4,5)6)29-20(26)17(3)24(10)21(27)30-23(7,8)9/h13,15,17-18H,12,14H2,1-11H3/b16-13+/t15-,17-,18-/m0/s1. The van der Waals surface area contributed by atoms with Crippen LogP contribution in [0.25, 0.3) is 0 Å². The zero-order valence-corrected chi connectivity index (χ0v) is 20.6. The van der Waals surface area contributed by atoms with Gasteiger partial charge in [-0.2, -0.15) is 0 Å². The molecule has 0 aliphatic rings. The molecule has 0 saturated carbocycles. The Balaban J connectivity index is 5.11. The van der Waals surface area contributed by atoms with Crippen LogP contribution < -0.4 is 0 Å². The molecule has 0 aromatic rings. The Labute approximate surface area is 182 Å². The van der Waals surface area contributed by atoms with Crippen LogP contribution in [-0.2, 0) is 23.8 Å². The average molecular weight is 428 g/mol. The van der Waals surface area contributed by atoms with E-state index in [2.05, 4.69) is 0 Å². The van der Waals surface area contributed by atoms with Crippen LogP contribution in [0.5, 0.6) is 0 Å². The summed E-state index contributed by atoms with van der Waals surface area (Å²) in [6.45, 7) is 16.7. The van der Waals surface area contributed by atoms with Crippen molar-refractivity contribution in [3.63, 3.8) is 0 Å². The van der Waals surface area contributed by atoms with Crippen LogP contribution in [0.1, 0.15) is 75.2 Å². The van der Waals surface area contributed by atoms with E-state index in [4.69, 9.17) is 14.2 Å². The van der Waals surface area contributed by atoms with Crippen molar-refractivity contribution in [1.29, 1.82) is 0 Å². The number of hydrogen-bond acceptors (Lipinski definition) is 6. The van der Waals surface area contributed by atoms with Gasteiger partial charge in [0, 0.05) is 12.6 Å². The van der Waals surface area contributed by atoms with Crippen LogP contribution in [0.3, 0.4) is 0 Å². The number of carbonyl (C=O) groups is 3. The summed E-state index contributed by atoms with van der Waals surface area (Å²) in [7, 11) is 2.88. The Morgan fingerprint density at radius 2 is 1.57 bits per heavy atom. The van der Waals surface area contributed by atoms with Crippen molar-refractivity contribution in [3.8, 4) is 0 Å². The van der Waals surface area contributed by atoms with Gasteiger partial charge >= 0.3 is 18.0 Å². The van der Waals surface area contributed by atoms with Gasteiger partial charge in [-0.05, 0) is 58.8 Å². The first kappa shape index (κ1) is 27.9. The predicted octanol–water partition coefficient (Wildman–Crippen LogP) is 4.74. The van der Waals surface area contributed by atoms with Crippen molar-refractivity contribution in [2.45, 2.75) is 92.9 Å². The van der Waals surface area contributed by atoms with Gasteiger partial charge in [0.15, 0.2) is 0 Å². The topological polar surface area (TPSA) is 82.1 Å². The monoisotopic (exact) mass is 427 g/mol. The van der Waals surface area contributed by atoms with Gasteiger partial charge in [-0.15, -0.1) is 0 Å². The van der Waals surface area contributed by atoms with Gasteiger partial charge in [-0.3, -0.25) is 4.90 Å². The van der Waals surface area contributed by atoms with Gasteiger partial charge in [-0.25, -0.2) is 14.4 Å². The summed E-state index contributed by atoms with van der Waals surface area (Å²) < 4.78 is 15.9. The molecule has 174 valence electrons. The minimum atomic E-state index is -0.776. The molecule has 1 amide bonds. The maximum atomic E-state index is 12.7. The molecule has 0 fully saturated rings. The third kappa shape index (κ3) is 10.1. The molecule has 0 aromatic heterocycles. The van der Waals surface area contributed by atoms with Crippen molar-refractivity contribution in [1.82, 2.24) is 4.90 Å². The highest BCUT2D eigenvalue weighted by Gasteiger charge is 2.34. The number of amides is 1. The van der Waals surface area contributed by atoms with Crippen molar-refractivity contribution in [2.24, 2.45) is 11.3 Å². The third-order valence-corrected chi connectivity index (χ3v) is 4.78. The summed E-state index contributed by atoms with van der Waals surface area (Å²) in [4.78, 5) is 37.8. The predicted molar refractivity (Wildman–Crippen MR) is 117 cm³/mol. The van der Waals surface area contributed by atoms with Gasteiger partial charge in [0.1, 0.15) is 17.7 Å². The smallest absolute Gasteiger partial charge is 0.410 e. The lowest BCUT2D eigenvalue weighted by atomic mass is 9.83. The number of nitrogens with zero attached hydrogens (tertiary/aromatic N) is 1. The maximum absolute atomic E-state index is 12.7. The van der Waals surface area contributed by atoms with Gasteiger partial charge in [0.2, 0.25) is 0 Å². The highest BCUT2D eigenvalue weighted by Crippen LogP contribution is 2.30. The van der Waals surface area contributed by atoms with Gasteiger partial charge in [-0.1, -0.05) is 33.8 Å². The molecule has 0 radical (unpaired) electrons. The number of hydrogen-bond donors (Lipinski definition) is 0. The Hall–Kier alpha value is -2.05. The maximum Gasteiger partial charge on any atom is 0.410 e. The zero-order valence-electron chi connectivity index (χ0n) is 20.6. The van der Waals surface area contributed by atoms with Crippen molar-refractivity contribution in [2.75, 3.05) is 14.2 Å². The van der Waals surface area contributed by atoms with Crippen LogP contribution in [-0.4, -0.2) is 54.8 Å². The highest BCUT2D eigenvalue weighted by molar-refractivity contribution is 5.87.